The molecule has 39 heavy (non-hydrogen) atoms. The standard InChI is InChI=1S/C29H21N5O5/c1-37-22-6-2-19(3-7-22)18-38-23-8-4-21(5-9-23)33-29-20(16-30)17-32-26-15-28(27(34(35)36)14-25(26)29)39-24-10-12-31-13-11-24/h2-15,17H,18H2,1H3,(H,32,33). The van der Waals surface area contributed by atoms with Gasteiger partial charge < -0.3 is 19.5 Å². The maximum absolute atomic E-state index is 11.9. The number of hydrogen-bond donors (Lipinski definition) is 1. The fraction of sp³-hybridized carbons (Fsp3) is 0.0690. The molecule has 0 fully saturated rings. The molecule has 2 aromatic heterocycles. The highest BCUT2D eigenvalue weighted by Crippen LogP contribution is 2.39. The van der Waals surface area contributed by atoms with Crippen LogP contribution >= 0.6 is 0 Å². The normalized spacial score (nSPS) is 10.5. The lowest BCUT2D eigenvalue weighted by Gasteiger charge is -2.14. The predicted octanol–water partition coefficient (Wildman–Crippen LogP) is 6.53. The van der Waals surface area contributed by atoms with Crippen molar-refractivity contribution in [3.05, 3.63) is 113 Å². The third-order valence-corrected chi connectivity index (χ3v) is 5.83. The van der Waals surface area contributed by atoms with Crippen LogP contribution in [0.2, 0.25) is 0 Å². The number of methoxy groups -OCH3 is 1. The van der Waals surface area contributed by atoms with Crippen LogP contribution in [0.5, 0.6) is 23.0 Å². The van der Waals surface area contributed by atoms with Crippen LogP contribution < -0.4 is 19.5 Å². The Hall–Kier alpha value is -5.69. The van der Waals surface area contributed by atoms with Crippen molar-refractivity contribution >= 4 is 28.0 Å². The van der Waals surface area contributed by atoms with Crippen LogP contribution in [0.3, 0.4) is 0 Å². The first kappa shape index (κ1) is 25.0. The molecule has 0 saturated heterocycles. The number of nitriles is 1. The van der Waals surface area contributed by atoms with Crippen molar-refractivity contribution in [3.63, 3.8) is 0 Å². The first-order valence-corrected chi connectivity index (χ1v) is 11.8. The Balaban J connectivity index is 1.41. The molecule has 0 aliphatic heterocycles. The molecule has 0 unspecified atom stereocenters. The molecular weight excluding hydrogens is 498 g/mol. The molecule has 5 rings (SSSR count). The average molecular weight is 520 g/mol. The van der Waals surface area contributed by atoms with E-state index in [1.165, 1.54) is 30.7 Å². The molecule has 10 nitrogen and oxygen atoms in total. The summed E-state index contributed by atoms with van der Waals surface area (Å²) in [5, 5.41) is 25.2. The van der Waals surface area contributed by atoms with E-state index in [-0.39, 0.29) is 17.0 Å². The van der Waals surface area contributed by atoms with Crippen molar-refractivity contribution in [2.75, 3.05) is 12.4 Å². The number of ether oxygens (including phenoxy) is 3. The number of benzene rings is 3. The highest BCUT2D eigenvalue weighted by Gasteiger charge is 2.21. The lowest BCUT2D eigenvalue weighted by atomic mass is 10.1. The Labute approximate surface area is 223 Å². The molecule has 0 spiro atoms. The van der Waals surface area contributed by atoms with Crippen molar-refractivity contribution in [1.29, 1.82) is 5.26 Å². The fourth-order valence-electron chi connectivity index (χ4n) is 3.85. The summed E-state index contributed by atoms with van der Waals surface area (Å²) in [6.45, 7) is 0.387. The van der Waals surface area contributed by atoms with Crippen LogP contribution in [0.15, 0.2) is 91.4 Å². The number of fused-ring (bicyclic) bond motifs is 1. The summed E-state index contributed by atoms with van der Waals surface area (Å²) >= 11 is 0. The van der Waals surface area contributed by atoms with Gasteiger partial charge in [-0.25, -0.2) is 0 Å². The van der Waals surface area contributed by atoms with E-state index in [0.717, 1.165) is 11.3 Å². The van der Waals surface area contributed by atoms with Gasteiger partial charge in [-0.15, -0.1) is 0 Å². The van der Waals surface area contributed by atoms with E-state index < -0.39 is 4.92 Å². The average Bonchev–Trinajstić information content (AvgIpc) is 2.97. The number of pyridine rings is 2. The quantitative estimate of drug-likeness (QED) is 0.170. The molecule has 0 aliphatic carbocycles. The summed E-state index contributed by atoms with van der Waals surface area (Å²) < 4.78 is 16.8. The topological polar surface area (TPSA) is 132 Å². The summed E-state index contributed by atoms with van der Waals surface area (Å²) in [5.74, 6) is 1.86. The summed E-state index contributed by atoms with van der Waals surface area (Å²) in [7, 11) is 1.62. The molecule has 192 valence electrons. The number of nitrogens with one attached hydrogen (secondary N) is 1. The first-order valence-electron chi connectivity index (χ1n) is 11.8. The minimum Gasteiger partial charge on any atom is -0.497 e. The monoisotopic (exact) mass is 519 g/mol. The van der Waals surface area contributed by atoms with Crippen LogP contribution in [-0.2, 0) is 6.61 Å². The highest BCUT2D eigenvalue weighted by molar-refractivity contribution is 5.98. The van der Waals surface area contributed by atoms with Gasteiger partial charge in [0.2, 0.25) is 5.75 Å². The zero-order valence-corrected chi connectivity index (χ0v) is 20.7. The fourth-order valence-corrected chi connectivity index (χ4v) is 3.85. The van der Waals surface area contributed by atoms with Crippen LogP contribution in [0, 0.1) is 21.4 Å². The molecule has 0 atom stereocenters. The molecule has 10 heteroatoms. The summed E-state index contributed by atoms with van der Waals surface area (Å²) in [6.07, 6.45) is 4.47. The summed E-state index contributed by atoms with van der Waals surface area (Å²) in [5.41, 5.74) is 2.45. The van der Waals surface area contributed by atoms with Gasteiger partial charge in [-0.1, -0.05) is 12.1 Å². The van der Waals surface area contributed by atoms with Gasteiger partial charge in [-0.05, 0) is 54.1 Å². The SMILES string of the molecule is COc1ccc(COc2ccc(Nc3c(C#N)cnc4cc(Oc5ccncc5)c([N+](=O)[O-])cc34)cc2)cc1. The molecule has 5 aromatic rings. The number of rotatable bonds is 9. The third-order valence-electron chi connectivity index (χ3n) is 5.83. The molecule has 0 aliphatic rings. The van der Waals surface area contributed by atoms with Gasteiger partial charge in [0, 0.05) is 41.8 Å². The van der Waals surface area contributed by atoms with Gasteiger partial charge in [0.1, 0.15) is 29.9 Å². The van der Waals surface area contributed by atoms with Crippen LogP contribution in [0.4, 0.5) is 17.1 Å². The van der Waals surface area contributed by atoms with E-state index in [9.17, 15) is 15.4 Å². The zero-order chi connectivity index (χ0) is 27.2. The molecule has 3 aromatic carbocycles. The van der Waals surface area contributed by atoms with Gasteiger partial charge >= 0.3 is 5.69 Å². The lowest BCUT2D eigenvalue weighted by molar-refractivity contribution is -0.385. The third kappa shape index (κ3) is 5.68. The number of nitro groups is 1. The number of anilines is 2. The second-order valence-electron chi connectivity index (χ2n) is 8.32. The Kier molecular flexibility index (Phi) is 7.14. The molecule has 0 saturated carbocycles. The van der Waals surface area contributed by atoms with E-state index in [2.05, 4.69) is 21.4 Å². The Morgan fingerprint density at radius 1 is 0.974 bits per heavy atom. The van der Waals surface area contributed by atoms with Crippen molar-refractivity contribution < 1.29 is 19.1 Å². The molecule has 0 amide bonds. The Morgan fingerprint density at radius 3 is 2.36 bits per heavy atom. The predicted molar refractivity (Wildman–Crippen MR) is 144 cm³/mol. The molecule has 0 radical (unpaired) electrons. The van der Waals surface area contributed by atoms with Crippen molar-refractivity contribution in [2.45, 2.75) is 6.61 Å². The zero-order valence-electron chi connectivity index (χ0n) is 20.7. The van der Waals surface area contributed by atoms with E-state index in [0.29, 0.717) is 40.4 Å². The minimum absolute atomic E-state index is 0.0280. The van der Waals surface area contributed by atoms with E-state index in [1.54, 1.807) is 43.5 Å². The smallest absolute Gasteiger partial charge is 0.312 e. The first-order chi connectivity index (χ1) is 19.0. The van der Waals surface area contributed by atoms with Gasteiger partial charge in [0.25, 0.3) is 0 Å². The van der Waals surface area contributed by atoms with Crippen LogP contribution in [-0.4, -0.2) is 22.0 Å². The maximum atomic E-state index is 11.9. The van der Waals surface area contributed by atoms with E-state index >= 15 is 0 Å². The molecule has 2 heterocycles. The number of hydrogen-bond acceptors (Lipinski definition) is 9. The van der Waals surface area contributed by atoms with Crippen molar-refractivity contribution in [1.82, 2.24) is 9.97 Å². The van der Waals surface area contributed by atoms with Gasteiger partial charge in [0.15, 0.2) is 0 Å². The van der Waals surface area contributed by atoms with Gasteiger partial charge in [-0.2, -0.15) is 5.26 Å². The van der Waals surface area contributed by atoms with Gasteiger partial charge in [-0.3, -0.25) is 20.1 Å². The Morgan fingerprint density at radius 2 is 1.69 bits per heavy atom. The number of nitro benzene ring substituents is 1. The highest BCUT2D eigenvalue weighted by atomic mass is 16.6. The summed E-state index contributed by atoms with van der Waals surface area (Å²) in [4.78, 5) is 19.6. The summed E-state index contributed by atoms with van der Waals surface area (Å²) in [6, 6.07) is 22.9. The van der Waals surface area contributed by atoms with Crippen LogP contribution in [0.1, 0.15) is 11.1 Å². The van der Waals surface area contributed by atoms with Crippen molar-refractivity contribution in [3.8, 4) is 29.1 Å². The van der Waals surface area contributed by atoms with E-state index in [1.807, 2.05) is 24.3 Å². The second kappa shape index (κ2) is 11.1. The number of nitrogens with zero attached hydrogens (tertiary/aromatic N) is 4. The maximum Gasteiger partial charge on any atom is 0.312 e. The molecule has 1 N–H and O–H groups in total. The largest absolute Gasteiger partial charge is 0.497 e. The van der Waals surface area contributed by atoms with Crippen molar-refractivity contribution in [2.24, 2.45) is 0 Å². The van der Waals surface area contributed by atoms with Crippen LogP contribution in [0.25, 0.3) is 10.9 Å². The Bertz CT molecular complexity index is 1670. The lowest BCUT2D eigenvalue weighted by Crippen LogP contribution is -2.00. The second-order valence-corrected chi connectivity index (χ2v) is 8.32. The van der Waals surface area contributed by atoms with E-state index in [4.69, 9.17) is 14.2 Å². The number of aromatic nitrogens is 2. The molecule has 0 bridgehead atoms. The minimum atomic E-state index is -0.534. The molecular formula is C29H21N5O5. The van der Waals surface area contributed by atoms with Gasteiger partial charge in [0.05, 0.1) is 28.8 Å².